The number of carbonyl (C=O) groups excluding carboxylic acids is 2. The van der Waals surface area contributed by atoms with Gasteiger partial charge in [-0.1, -0.05) is 42.5 Å². The molecule has 1 aliphatic rings. The Bertz CT molecular complexity index is 964. The van der Waals surface area contributed by atoms with Crippen LogP contribution in [-0.4, -0.2) is 11.8 Å². The first kappa shape index (κ1) is 14.5. The molecule has 0 saturated carbocycles. The van der Waals surface area contributed by atoms with Gasteiger partial charge in [0, 0.05) is 22.2 Å². The van der Waals surface area contributed by atoms with E-state index in [9.17, 15) is 9.59 Å². The van der Waals surface area contributed by atoms with E-state index in [-0.39, 0.29) is 17.9 Å². The molecule has 1 atom stereocenters. The molecule has 4 heteroatoms. The summed E-state index contributed by atoms with van der Waals surface area (Å²) >= 11 is 0. The van der Waals surface area contributed by atoms with Crippen LogP contribution in [0.3, 0.4) is 0 Å². The summed E-state index contributed by atoms with van der Waals surface area (Å²) in [6.07, 6.45) is 0. The molecule has 3 aromatic carbocycles. The maximum absolute atomic E-state index is 12.8. The van der Waals surface area contributed by atoms with Crippen molar-refractivity contribution < 1.29 is 9.59 Å². The fraction of sp³-hybridized carbons (Fsp3) is 0.100. The van der Waals surface area contributed by atoms with Crippen molar-refractivity contribution in [3.05, 3.63) is 77.4 Å². The maximum atomic E-state index is 12.8. The second kappa shape index (κ2) is 5.49. The van der Waals surface area contributed by atoms with Crippen LogP contribution in [0.5, 0.6) is 0 Å². The third-order valence-electron chi connectivity index (χ3n) is 4.43. The first-order chi connectivity index (χ1) is 11.6. The van der Waals surface area contributed by atoms with Crippen LogP contribution in [0.15, 0.2) is 60.7 Å². The monoisotopic (exact) mass is 316 g/mol. The lowest BCUT2D eigenvalue weighted by Gasteiger charge is -2.15. The van der Waals surface area contributed by atoms with Gasteiger partial charge in [-0.05, 0) is 36.1 Å². The molecule has 0 spiro atoms. The molecule has 0 radical (unpaired) electrons. The highest BCUT2D eigenvalue weighted by atomic mass is 16.2. The molecule has 118 valence electrons. The molecular weight excluding hydrogens is 300 g/mol. The van der Waals surface area contributed by atoms with Gasteiger partial charge in [-0.25, -0.2) is 0 Å². The van der Waals surface area contributed by atoms with Gasteiger partial charge in [0.25, 0.3) is 11.8 Å². The second-order valence-electron chi connectivity index (χ2n) is 5.95. The zero-order chi connectivity index (χ0) is 16.7. The van der Waals surface area contributed by atoms with E-state index >= 15 is 0 Å². The Kier molecular flexibility index (Phi) is 3.31. The molecule has 2 amide bonds. The fourth-order valence-corrected chi connectivity index (χ4v) is 3.19. The van der Waals surface area contributed by atoms with Gasteiger partial charge in [-0.15, -0.1) is 0 Å². The quantitative estimate of drug-likeness (QED) is 0.770. The van der Waals surface area contributed by atoms with Crippen molar-refractivity contribution in [3.63, 3.8) is 0 Å². The molecule has 0 aromatic heterocycles. The summed E-state index contributed by atoms with van der Waals surface area (Å²) in [5, 5.41) is 7.48. The summed E-state index contributed by atoms with van der Waals surface area (Å²) in [6.45, 7) is 1.96. The molecule has 0 fully saturated rings. The number of nitrogens with one attached hydrogen (secondary N) is 2. The number of hydrogen-bond acceptors (Lipinski definition) is 2. The van der Waals surface area contributed by atoms with Gasteiger partial charge in [0.1, 0.15) is 0 Å². The van der Waals surface area contributed by atoms with Crippen molar-refractivity contribution in [3.8, 4) is 0 Å². The Morgan fingerprint density at radius 1 is 1.00 bits per heavy atom. The summed E-state index contributed by atoms with van der Waals surface area (Å²) in [6, 6.07) is 18.8. The average Bonchev–Trinajstić information content (AvgIpc) is 2.93. The summed E-state index contributed by atoms with van der Waals surface area (Å²) in [5.74, 6) is -0.264. The molecular formula is C20H16N2O2. The highest BCUT2D eigenvalue weighted by Gasteiger charge is 2.24. The zero-order valence-corrected chi connectivity index (χ0v) is 13.2. The molecule has 0 saturated heterocycles. The standard InChI is InChI=1S/C20H16N2O2/c1-12(13-6-3-2-4-7-13)21-19(23)15-10-11-16-18-14(15)8-5-9-17(18)22-20(16)24/h2-12H,1H3,(H,21,23)(H,22,24). The minimum Gasteiger partial charge on any atom is -0.345 e. The third kappa shape index (κ3) is 2.24. The number of amides is 2. The van der Waals surface area contributed by atoms with Gasteiger partial charge in [-0.3, -0.25) is 9.59 Å². The van der Waals surface area contributed by atoms with Crippen molar-refractivity contribution in [1.82, 2.24) is 5.32 Å². The highest BCUT2D eigenvalue weighted by Crippen LogP contribution is 2.34. The van der Waals surface area contributed by atoms with E-state index in [2.05, 4.69) is 10.6 Å². The molecule has 4 rings (SSSR count). The van der Waals surface area contributed by atoms with Crippen LogP contribution in [0.25, 0.3) is 10.8 Å². The van der Waals surface area contributed by atoms with Crippen molar-refractivity contribution in [2.24, 2.45) is 0 Å². The van der Waals surface area contributed by atoms with Crippen molar-refractivity contribution in [2.45, 2.75) is 13.0 Å². The number of hydrogen-bond donors (Lipinski definition) is 2. The Hall–Kier alpha value is -3.14. The van der Waals surface area contributed by atoms with Crippen molar-refractivity contribution in [2.75, 3.05) is 5.32 Å². The molecule has 1 heterocycles. The largest absolute Gasteiger partial charge is 0.345 e. The third-order valence-corrected chi connectivity index (χ3v) is 4.43. The summed E-state index contributed by atoms with van der Waals surface area (Å²) in [4.78, 5) is 24.7. The van der Waals surface area contributed by atoms with E-state index in [1.807, 2.05) is 55.5 Å². The zero-order valence-electron chi connectivity index (χ0n) is 13.2. The minimum atomic E-state index is -0.144. The Balaban J connectivity index is 1.71. The first-order valence-electron chi connectivity index (χ1n) is 7.88. The molecule has 1 unspecified atom stereocenters. The average molecular weight is 316 g/mol. The highest BCUT2D eigenvalue weighted by molar-refractivity contribution is 6.26. The van der Waals surface area contributed by atoms with Crippen LogP contribution in [0.2, 0.25) is 0 Å². The van der Waals surface area contributed by atoms with Gasteiger partial charge >= 0.3 is 0 Å². The van der Waals surface area contributed by atoms with Crippen LogP contribution in [0, 0.1) is 0 Å². The van der Waals surface area contributed by atoms with Gasteiger partial charge in [-0.2, -0.15) is 0 Å². The second-order valence-corrected chi connectivity index (χ2v) is 5.95. The fourth-order valence-electron chi connectivity index (χ4n) is 3.19. The molecule has 0 bridgehead atoms. The molecule has 1 aliphatic heterocycles. The lowest BCUT2D eigenvalue weighted by molar-refractivity contribution is 0.0940. The summed E-state index contributed by atoms with van der Waals surface area (Å²) in [7, 11) is 0. The number of carbonyl (C=O) groups is 2. The minimum absolute atomic E-state index is 0.0958. The number of rotatable bonds is 3. The smallest absolute Gasteiger partial charge is 0.256 e. The predicted molar refractivity (Wildman–Crippen MR) is 94.2 cm³/mol. The SMILES string of the molecule is CC(NC(=O)c1ccc2c3c(cccc13)NC2=O)c1ccccc1. The summed E-state index contributed by atoms with van der Waals surface area (Å²) in [5.41, 5.74) is 3.01. The van der Waals surface area contributed by atoms with Crippen LogP contribution < -0.4 is 10.6 Å². The molecule has 4 nitrogen and oxygen atoms in total. The van der Waals surface area contributed by atoms with Crippen LogP contribution in [0.4, 0.5) is 5.69 Å². The maximum Gasteiger partial charge on any atom is 0.256 e. The van der Waals surface area contributed by atoms with Crippen LogP contribution in [-0.2, 0) is 0 Å². The van der Waals surface area contributed by atoms with E-state index in [1.165, 1.54) is 0 Å². The first-order valence-corrected chi connectivity index (χ1v) is 7.88. The normalized spacial score (nSPS) is 13.6. The van der Waals surface area contributed by atoms with E-state index < -0.39 is 0 Å². The van der Waals surface area contributed by atoms with Gasteiger partial charge < -0.3 is 10.6 Å². The Morgan fingerprint density at radius 2 is 1.79 bits per heavy atom. The van der Waals surface area contributed by atoms with E-state index in [0.717, 1.165) is 22.0 Å². The number of anilines is 1. The van der Waals surface area contributed by atoms with Crippen LogP contribution >= 0.6 is 0 Å². The Labute approximate surface area is 139 Å². The topological polar surface area (TPSA) is 58.2 Å². The van der Waals surface area contributed by atoms with E-state index in [4.69, 9.17) is 0 Å². The van der Waals surface area contributed by atoms with Crippen molar-refractivity contribution >= 4 is 28.3 Å². The predicted octanol–water partition coefficient (Wildman–Crippen LogP) is 3.90. The lowest BCUT2D eigenvalue weighted by Crippen LogP contribution is -2.26. The van der Waals surface area contributed by atoms with Crippen molar-refractivity contribution in [1.29, 1.82) is 0 Å². The molecule has 2 N–H and O–H groups in total. The van der Waals surface area contributed by atoms with E-state index in [0.29, 0.717) is 11.1 Å². The Morgan fingerprint density at radius 3 is 2.58 bits per heavy atom. The van der Waals surface area contributed by atoms with E-state index in [1.54, 1.807) is 12.1 Å². The lowest BCUT2D eigenvalue weighted by atomic mass is 9.99. The van der Waals surface area contributed by atoms with Crippen LogP contribution in [0.1, 0.15) is 39.2 Å². The van der Waals surface area contributed by atoms with Gasteiger partial charge in [0.2, 0.25) is 0 Å². The molecule has 24 heavy (non-hydrogen) atoms. The summed E-state index contributed by atoms with van der Waals surface area (Å²) < 4.78 is 0. The molecule has 0 aliphatic carbocycles. The van der Waals surface area contributed by atoms with Gasteiger partial charge in [0.05, 0.1) is 6.04 Å². The number of benzene rings is 3. The molecule has 3 aromatic rings. The van der Waals surface area contributed by atoms with Gasteiger partial charge in [0.15, 0.2) is 0 Å².